The molecule has 0 radical (unpaired) electrons. The van der Waals surface area contributed by atoms with Crippen LogP contribution in [0.5, 0.6) is 5.75 Å². The minimum atomic E-state index is -0.264. The molecule has 0 N–H and O–H groups in total. The zero-order valence-electron chi connectivity index (χ0n) is 12.9. The number of piperazine rings is 1. The molecule has 2 heterocycles. The maximum absolute atomic E-state index is 13.3. The number of anilines is 1. The van der Waals surface area contributed by atoms with E-state index in [9.17, 15) is 4.39 Å². The highest BCUT2D eigenvalue weighted by atomic mass is 32.1. The maximum atomic E-state index is 13.3. The van der Waals surface area contributed by atoms with E-state index < -0.39 is 0 Å². The van der Waals surface area contributed by atoms with Crippen molar-refractivity contribution in [2.45, 2.75) is 13.5 Å². The molecule has 0 unspecified atom stereocenters. The van der Waals surface area contributed by atoms with Gasteiger partial charge in [0, 0.05) is 43.7 Å². The van der Waals surface area contributed by atoms with Crippen LogP contribution in [0.15, 0.2) is 23.7 Å². The minimum absolute atomic E-state index is 0.264. The zero-order chi connectivity index (χ0) is 15.5. The third-order valence-corrected chi connectivity index (χ3v) is 4.99. The Labute approximate surface area is 134 Å². The number of nitrogens with zero attached hydrogens (tertiary/aromatic N) is 3. The molecule has 1 aliphatic rings. The van der Waals surface area contributed by atoms with Gasteiger partial charge in [0.25, 0.3) is 0 Å². The quantitative estimate of drug-likeness (QED) is 0.866. The third-order valence-electron chi connectivity index (χ3n) is 4.07. The fourth-order valence-electron chi connectivity index (χ4n) is 2.74. The van der Waals surface area contributed by atoms with Gasteiger partial charge in [0.05, 0.1) is 24.0 Å². The summed E-state index contributed by atoms with van der Waals surface area (Å²) in [5.41, 5.74) is 4.01. The molecular formula is C16H20FN3OS. The van der Waals surface area contributed by atoms with Gasteiger partial charge in [-0.25, -0.2) is 9.37 Å². The van der Waals surface area contributed by atoms with Gasteiger partial charge >= 0.3 is 0 Å². The lowest BCUT2D eigenvalue weighted by molar-refractivity contribution is 0.250. The van der Waals surface area contributed by atoms with Gasteiger partial charge in [0.15, 0.2) is 0 Å². The second kappa shape index (κ2) is 6.62. The van der Waals surface area contributed by atoms with E-state index in [-0.39, 0.29) is 5.82 Å². The van der Waals surface area contributed by atoms with Crippen molar-refractivity contribution in [3.8, 4) is 5.75 Å². The summed E-state index contributed by atoms with van der Waals surface area (Å²) in [5.74, 6) is 0.339. The summed E-state index contributed by atoms with van der Waals surface area (Å²) in [6.45, 7) is 6.83. The molecule has 6 heteroatoms. The summed E-state index contributed by atoms with van der Waals surface area (Å²) in [5, 5.41) is 0. The van der Waals surface area contributed by atoms with Gasteiger partial charge in [0.2, 0.25) is 0 Å². The molecule has 0 saturated carbocycles. The highest BCUT2D eigenvalue weighted by Crippen LogP contribution is 2.30. The molecule has 0 spiro atoms. The molecule has 1 saturated heterocycles. The van der Waals surface area contributed by atoms with E-state index in [1.165, 1.54) is 17.0 Å². The highest BCUT2D eigenvalue weighted by molar-refractivity contribution is 7.09. The highest BCUT2D eigenvalue weighted by Gasteiger charge is 2.20. The molecule has 0 aliphatic carbocycles. The first-order valence-electron chi connectivity index (χ1n) is 7.37. The van der Waals surface area contributed by atoms with Crippen molar-refractivity contribution in [3.05, 3.63) is 40.1 Å². The predicted octanol–water partition coefficient (Wildman–Crippen LogP) is 2.92. The lowest BCUT2D eigenvalue weighted by Gasteiger charge is -2.36. The molecule has 2 aromatic rings. The number of hydrogen-bond donors (Lipinski definition) is 0. The van der Waals surface area contributed by atoms with Crippen LogP contribution in [-0.4, -0.2) is 43.2 Å². The fraction of sp³-hybridized carbons (Fsp3) is 0.438. The first kappa shape index (κ1) is 15.2. The Morgan fingerprint density at radius 2 is 2.05 bits per heavy atom. The average Bonchev–Trinajstić information content (AvgIpc) is 2.93. The van der Waals surface area contributed by atoms with Crippen LogP contribution in [0, 0.1) is 12.7 Å². The first-order valence-corrected chi connectivity index (χ1v) is 8.25. The van der Waals surface area contributed by atoms with Crippen molar-refractivity contribution >= 4 is 17.0 Å². The largest absolute Gasteiger partial charge is 0.494 e. The van der Waals surface area contributed by atoms with Crippen molar-refractivity contribution < 1.29 is 9.13 Å². The Kier molecular flexibility index (Phi) is 4.59. The minimum Gasteiger partial charge on any atom is -0.494 e. The van der Waals surface area contributed by atoms with Crippen molar-refractivity contribution in [1.29, 1.82) is 0 Å². The summed E-state index contributed by atoms with van der Waals surface area (Å²) < 4.78 is 18.6. The molecule has 1 fully saturated rings. The van der Waals surface area contributed by atoms with E-state index in [1.54, 1.807) is 24.5 Å². The van der Waals surface area contributed by atoms with E-state index >= 15 is 0 Å². The summed E-state index contributed by atoms with van der Waals surface area (Å²) in [6, 6.07) is 4.74. The van der Waals surface area contributed by atoms with Crippen LogP contribution in [-0.2, 0) is 6.54 Å². The molecule has 0 bridgehead atoms. The van der Waals surface area contributed by atoms with Crippen LogP contribution in [0.25, 0.3) is 0 Å². The predicted molar refractivity (Wildman–Crippen MR) is 87.3 cm³/mol. The maximum Gasteiger partial charge on any atom is 0.145 e. The SMILES string of the molecule is COc1cc(F)ccc1N1CCN(Cc2scnc2C)CC1. The molecule has 3 rings (SSSR count). The van der Waals surface area contributed by atoms with E-state index in [2.05, 4.69) is 21.7 Å². The first-order chi connectivity index (χ1) is 10.7. The van der Waals surface area contributed by atoms with E-state index in [4.69, 9.17) is 4.74 Å². The fourth-order valence-corrected chi connectivity index (χ4v) is 3.56. The summed E-state index contributed by atoms with van der Waals surface area (Å²) in [6.07, 6.45) is 0. The van der Waals surface area contributed by atoms with E-state index in [0.717, 1.165) is 44.1 Å². The Morgan fingerprint density at radius 3 is 2.68 bits per heavy atom. The van der Waals surface area contributed by atoms with Crippen LogP contribution in [0.1, 0.15) is 10.6 Å². The number of aromatic nitrogens is 1. The lowest BCUT2D eigenvalue weighted by atomic mass is 10.2. The smallest absolute Gasteiger partial charge is 0.145 e. The molecule has 22 heavy (non-hydrogen) atoms. The van der Waals surface area contributed by atoms with Crippen molar-refractivity contribution in [2.75, 3.05) is 38.2 Å². The van der Waals surface area contributed by atoms with E-state index in [1.807, 2.05) is 5.51 Å². The van der Waals surface area contributed by atoms with E-state index in [0.29, 0.717) is 5.75 Å². The molecule has 4 nitrogen and oxygen atoms in total. The molecule has 1 aromatic heterocycles. The standard InChI is InChI=1S/C16H20FN3OS/c1-12-16(22-11-18-12)10-19-5-7-20(8-6-19)14-4-3-13(17)9-15(14)21-2/h3-4,9,11H,5-8,10H2,1-2H3. The van der Waals surface area contributed by atoms with Gasteiger partial charge in [-0.3, -0.25) is 4.90 Å². The number of aryl methyl sites for hydroxylation is 1. The third kappa shape index (κ3) is 3.23. The number of halogens is 1. The second-order valence-corrected chi connectivity index (χ2v) is 6.38. The Bertz CT molecular complexity index is 638. The summed E-state index contributed by atoms with van der Waals surface area (Å²) in [7, 11) is 1.58. The van der Waals surface area contributed by atoms with Gasteiger partial charge in [-0.05, 0) is 19.1 Å². The Hall–Kier alpha value is -1.66. The Balaban J connectivity index is 1.63. The number of hydrogen-bond acceptors (Lipinski definition) is 5. The van der Waals surface area contributed by atoms with Gasteiger partial charge in [-0.1, -0.05) is 0 Å². The van der Waals surface area contributed by atoms with Crippen molar-refractivity contribution in [3.63, 3.8) is 0 Å². The van der Waals surface area contributed by atoms with Crippen LogP contribution >= 0.6 is 11.3 Å². The van der Waals surface area contributed by atoms with Crippen LogP contribution in [0.3, 0.4) is 0 Å². The van der Waals surface area contributed by atoms with Gasteiger partial charge in [0.1, 0.15) is 11.6 Å². The molecule has 118 valence electrons. The molecule has 0 amide bonds. The number of methoxy groups -OCH3 is 1. The van der Waals surface area contributed by atoms with Crippen molar-refractivity contribution in [2.24, 2.45) is 0 Å². The summed E-state index contributed by atoms with van der Waals surface area (Å²) in [4.78, 5) is 10.3. The number of ether oxygens (including phenoxy) is 1. The van der Waals surface area contributed by atoms with Gasteiger partial charge in [-0.15, -0.1) is 11.3 Å². The topological polar surface area (TPSA) is 28.6 Å². The molecular weight excluding hydrogens is 301 g/mol. The summed E-state index contributed by atoms with van der Waals surface area (Å²) >= 11 is 1.72. The van der Waals surface area contributed by atoms with Crippen LogP contribution < -0.4 is 9.64 Å². The number of thiazole rings is 1. The average molecular weight is 321 g/mol. The van der Waals surface area contributed by atoms with Crippen LogP contribution in [0.4, 0.5) is 10.1 Å². The molecule has 0 atom stereocenters. The normalized spacial score (nSPS) is 16.0. The van der Waals surface area contributed by atoms with Crippen molar-refractivity contribution in [1.82, 2.24) is 9.88 Å². The monoisotopic (exact) mass is 321 g/mol. The molecule has 1 aliphatic heterocycles. The lowest BCUT2D eigenvalue weighted by Crippen LogP contribution is -2.46. The number of rotatable bonds is 4. The van der Waals surface area contributed by atoms with Crippen LogP contribution in [0.2, 0.25) is 0 Å². The Morgan fingerprint density at radius 1 is 1.27 bits per heavy atom. The van der Waals surface area contributed by atoms with Gasteiger partial charge < -0.3 is 9.64 Å². The molecule has 1 aromatic carbocycles. The second-order valence-electron chi connectivity index (χ2n) is 5.44. The zero-order valence-corrected chi connectivity index (χ0v) is 13.7. The number of benzene rings is 1. The van der Waals surface area contributed by atoms with Gasteiger partial charge in [-0.2, -0.15) is 0 Å².